The average Bonchev–Trinajstić information content (AvgIpc) is 3.42. The number of esters is 1. The highest BCUT2D eigenvalue weighted by Gasteiger charge is 2.29. The van der Waals surface area contributed by atoms with E-state index < -0.39 is 5.97 Å². The number of aryl methyl sites for hydroxylation is 1. The molecule has 1 aliphatic rings. The van der Waals surface area contributed by atoms with Gasteiger partial charge in [0.25, 0.3) is 11.6 Å². The van der Waals surface area contributed by atoms with Crippen LogP contribution in [-0.2, 0) is 9.53 Å². The summed E-state index contributed by atoms with van der Waals surface area (Å²) in [5.41, 5.74) is 2.11. The summed E-state index contributed by atoms with van der Waals surface area (Å²) in [7, 11) is 0. The number of fused-ring (bicyclic) bond motifs is 1. The summed E-state index contributed by atoms with van der Waals surface area (Å²) in [5, 5.41) is 7.35. The molecule has 0 unspecified atom stereocenters. The van der Waals surface area contributed by atoms with E-state index in [2.05, 4.69) is 29.3 Å². The van der Waals surface area contributed by atoms with Crippen LogP contribution in [0, 0.1) is 12.8 Å². The topological polar surface area (TPSA) is 94.3 Å². The number of carbonyl (C=O) groups is 2. The lowest BCUT2D eigenvalue weighted by molar-refractivity contribution is -0.124. The second-order valence-corrected chi connectivity index (χ2v) is 8.19. The molecular formula is C21H29N3O4. The van der Waals surface area contributed by atoms with Gasteiger partial charge in [-0.15, -0.1) is 0 Å². The monoisotopic (exact) mass is 387 g/mol. The number of pyridine rings is 1. The van der Waals surface area contributed by atoms with E-state index in [4.69, 9.17) is 9.26 Å². The summed E-state index contributed by atoms with van der Waals surface area (Å²) in [6.45, 7) is 7.79. The maximum atomic E-state index is 12.6. The summed E-state index contributed by atoms with van der Waals surface area (Å²) >= 11 is 0. The molecule has 152 valence electrons. The molecule has 0 aromatic carbocycles. The number of hydrogen-bond donors (Lipinski definition) is 1. The van der Waals surface area contributed by atoms with E-state index in [1.54, 1.807) is 13.0 Å². The molecule has 1 atom stereocenters. The molecule has 7 nitrogen and oxygen atoms in total. The molecule has 1 N–H and O–H groups in total. The van der Waals surface area contributed by atoms with Crippen LogP contribution in [-0.4, -0.2) is 34.7 Å². The summed E-state index contributed by atoms with van der Waals surface area (Å²) in [5.74, 6) is 0.169. The van der Waals surface area contributed by atoms with Crippen molar-refractivity contribution < 1.29 is 18.8 Å². The lowest BCUT2D eigenvalue weighted by atomic mass is 10.0. The Morgan fingerprint density at radius 1 is 1.29 bits per heavy atom. The number of nitrogens with one attached hydrogen (secondary N) is 1. The Balaban J connectivity index is 1.59. The minimum Gasteiger partial charge on any atom is -0.452 e. The van der Waals surface area contributed by atoms with Gasteiger partial charge in [-0.2, -0.15) is 0 Å². The lowest BCUT2D eigenvalue weighted by Crippen LogP contribution is -2.35. The van der Waals surface area contributed by atoms with Crippen LogP contribution in [0.3, 0.4) is 0 Å². The van der Waals surface area contributed by atoms with Gasteiger partial charge in [-0.05, 0) is 45.1 Å². The zero-order valence-electron chi connectivity index (χ0n) is 17.1. The second kappa shape index (κ2) is 8.71. The first-order valence-corrected chi connectivity index (χ1v) is 10.1. The van der Waals surface area contributed by atoms with Crippen LogP contribution in [0.25, 0.3) is 11.1 Å². The molecule has 1 aliphatic carbocycles. The van der Waals surface area contributed by atoms with Crippen LogP contribution in [0.1, 0.15) is 80.5 Å². The maximum absolute atomic E-state index is 12.6. The number of hydrogen-bond acceptors (Lipinski definition) is 6. The molecule has 0 spiro atoms. The molecular weight excluding hydrogens is 358 g/mol. The van der Waals surface area contributed by atoms with Gasteiger partial charge in [0.2, 0.25) is 0 Å². The fourth-order valence-corrected chi connectivity index (χ4v) is 3.29. The second-order valence-electron chi connectivity index (χ2n) is 8.19. The fraction of sp³-hybridized carbons (Fsp3) is 0.619. The van der Waals surface area contributed by atoms with E-state index in [9.17, 15) is 9.59 Å². The van der Waals surface area contributed by atoms with Crippen molar-refractivity contribution in [2.45, 2.75) is 71.8 Å². The van der Waals surface area contributed by atoms with Gasteiger partial charge in [0.1, 0.15) is 0 Å². The van der Waals surface area contributed by atoms with Gasteiger partial charge in [-0.25, -0.2) is 9.78 Å². The van der Waals surface area contributed by atoms with Crippen LogP contribution in [0.5, 0.6) is 0 Å². The van der Waals surface area contributed by atoms with Gasteiger partial charge in [0.05, 0.1) is 16.6 Å². The highest BCUT2D eigenvalue weighted by atomic mass is 16.5. The molecule has 1 amide bonds. The van der Waals surface area contributed by atoms with Crippen molar-refractivity contribution in [2.75, 3.05) is 6.61 Å². The Kier molecular flexibility index (Phi) is 6.31. The number of ether oxygens (including phenoxy) is 1. The molecule has 2 heterocycles. The zero-order chi connectivity index (χ0) is 20.3. The van der Waals surface area contributed by atoms with E-state index in [0.717, 1.165) is 37.8 Å². The minimum atomic E-state index is -0.553. The first-order chi connectivity index (χ1) is 13.3. The molecule has 1 fully saturated rings. The van der Waals surface area contributed by atoms with Crippen LogP contribution in [0.2, 0.25) is 0 Å². The Bertz CT molecular complexity index is 855. The van der Waals surface area contributed by atoms with E-state index in [1.165, 1.54) is 0 Å². The van der Waals surface area contributed by atoms with Crippen molar-refractivity contribution in [3.63, 3.8) is 0 Å². The van der Waals surface area contributed by atoms with Crippen LogP contribution in [0.4, 0.5) is 0 Å². The Labute approximate surface area is 165 Å². The molecule has 0 radical (unpaired) electrons. The molecule has 28 heavy (non-hydrogen) atoms. The van der Waals surface area contributed by atoms with E-state index >= 15 is 0 Å². The van der Waals surface area contributed by atoms with Crippen molar-refractivity contribution in [1.82, 2.24) is 15.5 Å². The lowest BCUT2D eigenvalue weighted by Gasteiger charge is -2.14. The predicted octanol–water partition coefficient (Wildman–Crippen LogP) is 3.90. The molecule has 2 aromatic rings. The maximum Gasteiger partial charge on any atom is 0.339 e. The quantitative estimate of drug-likeness (QED) is 0.656. The van der Waals surface area contributed by atoms with E-state index in [1.807, 2.05) is 6.92 Å². The fourth-order valence-electron chi connectivity index (χ4n) is 3.29. The number of rotatable bonds is 9. The summed E-state index contributed by atoms with van der Waals surface area (Å²) in [6.07, 6.45) is 5.21. The molecule has 7 heteroatoms. The first kappa shape index (κ1) is 20.3. The largest absolute Gasteiger partial charge is 0.452 e. The van der Waals surface area contributed by atoms with Crippen molar-refractivity contribution in [3.05, 3.63) is 23.0 Å². The smallest absolute Gasteiger partial charge is 0.339 e. The average molecular weight is 387 g/mol. The Hall–Kier alpha value is -2.44. The molecule has 0 aliphatic heterocycles. The highest BCUT2D eigenvalue weighted by molar-refractivity contribution is 6.03. The van der Waals surface area contributed by atoms with Crippen molar-refractivity contribution in [2.24, 2.45) is 5.92 Å². The summed E-state index contributed by atoms with van der Waals surface area (Å²) in [4.78, 5) is 29.2. The third-order valence-electron chi connectivity index (χ3n) is 5.01. The summed E-state index contributed by atoms with van der Waals surface area (Å²) < 4.78 is 10.5. The van der Waals surface area contributed by atoms with E-state index in [0.29, 0.717) is 34.2 Å². The van der Waals surface area contributed by atoms with Crippen LogP contribution < -0.4 is 5.32 Å². The van der Waals surface area contributed by atoms with Crippen molar-refractivity contribution in [3.8, 4) is 0 Å². The molecule has 0 saturated heterocycles. The SMILES string of the molecule is Cc1noc2nc(C3CC3)cc(C(=O)OCC(=O)N[C@H](C)CCCC(C)C)c12. The number of amides is 1. The van der Waals surface area contributed by atoms with Gasteiger partial charge in [0, 0.05) is 17.7 Å². The Morgan fingerprint density at radius 2 is 2.04 bits per heavy atom. The third-order valence-corrected chi connectivity index (χ3v) is 5.01. The normalized spacial score (nSPS) is 15.0. The molecule has 3 rings (SSSR count). The Morgan fingerprint density at radius 3 is 2.71 bits per heavy atom. The van der Waals surface area contributed by atoms with E-state index in [-0.39, 0.29) is 18.6 Å². The standard InChI is InChI=1S/C21H29N3O4/c1-12(2)6-5-7-13(3)22-18(25)11-27-21(26)16-10-17(15-8-9-15)23-20-19(16)14(4)24-28-20/h10,12-13,15H,5-9,11H2,1-4H3,(H,22,25)/t13-/m1/s1. The number of carbonyl (C=O) groups excluding carboxylic acids is 2. The van der Waals surface area contributed by atoms with Crippen molar-refractivity contribution in [1.29, 1.82) is 0 Å². The van der Waals surface area contributed by atoms with Gasteiger partial charge >= 0.3 is 5.97 Å². The predicted molar refractivity (Wildman–Crippen MR) is 105 cm³/mol. The van der Waals surface area contributed by atoms with Crippen molar-refractivity contribution >= 4 is 23.0 Å². The number of nitrogens with zero attached hydrogens (tertiary/aromatic N) is 2. The number of aromatic nitrogens is 2. The molecule has 0 bridgehead atoms. The molecule has 2 aromatic heterocycles. The zero-order valence-corrected chi connectivity index (χ0v) is 17.1. The van der Waals surface area contributed by atoms with Gasteiger partial charge in [-0.1, -0.05) is 31.8 Å². The molecule has 1 saturated carbocycles. The minimum absolute atomic E-state index is 0.0550. The summed E-state index contributed by atoms with van der Waals surface area (Å²) in [6, 6.07) is 1.80. The van der Waals surface area contributed by atoms with Crippen LogP contribution in [0.15, 0.2) is 10.6 Å². The van der Waals surface area contributed by atoms with Gasteiger partial charge < -0.3 is 14.6 Å². The van der Waals surface area contributed by atoms with Gasteiger partial charge in [-0.3, -0.25) is 4.79 Å². The first-order valence-electron chi connectivity index (χ1n) is 10.1. The third kappa shape index (κ3) is 5.09. The van der Waals surface area contributed by atoms with Gasteiger partial charge in [0.15, 0.2) is 6.61 Å². The van der Waals surface area contributed by atoms with Crippen LogP contribution >= 0.6 is 0 Å². The highest BCUT2D eigenvalue weighted by Crippen LogP contribution is 2.40.